The molecular weight excluding hydrogens is 660 g/mol. The van der Waals surface area contributed by atoms with Crippen LogP contribution in [0.4, 0.5) is 10.1 Å². The van der Waals surface area contributed by atoms with Gasteiger partial charge in [-0.15, -0.1) is 0 Å². The second kappa shape index (κ2) is 13.4. The molecule has 1 aliphatic heterocycles. The van der Waals surface area contributed by atoms with E-state index in [0.717, 1.165) is 29.9 Å². The van der Waals surface area contributed by atoms with Crippen LogP contribution in [0.2, 0.25) is 10.0 Å². The number of carboxylic acid groups (broad SMARTS) is 1. The van der Waals surface area contributed by atoms with Gasteiger partial charge in [-0.2, -0.15) is 0 Å². The molecule has 6 rings (SSSR count). The quantitative estimate of drug-likeness (QED) is 0.154. The highest BCUT2D eigenvalue weighted by atomic mass is 35.5. The number of benzene rings is 3. The van der Waals surface area contributed by atoms with Gasteiger partial charge in [0.15, 0.2) is 17.4 Å². The third-order valence-corrected chi connectivity index (χ3v) is 9.75. The highest BCUT2D eigenvalue weighted by Gasteiger charge is 2.50. The van der Waals surface area contributed by atoms with Gasteiger partial charge in [0.2, 0.25) is 0 Å². The Morgan fingerprint density at radius 3 is 2.50 bits per heavy atom. The van der Waals surface area contributed by atoms with Crippen molar-refractivity contribution in [3.63, 3.8) is 0 Å². The lowest BCUT2D eigenvalue weighted by atomic mass is 9.99. The number of carbonyl (C=O) groups excluding carboxylic acids is 1. The van der Waals surface area contributed by atoms with Crippen molar-refractivity contribution in [2.45, 2.75) is 51.7 Å². The lowest BCUT2D eigenvalue weighted by Gasteiger charge is -2.21. The van der Waals surface area contributed by atoms with Crippen molar-refractivity contribution >= 4 is 40.8 Å². The summed E-state index contributed by atoms with van der Waals surface area (Å²) in [5.74, 6) is -1.14. The molecular formula is C35H36Cl2FN5O5. The van der Waals surface area contributed by atoms with Crippen LogP contribution in [0.5, 0.6) is 17.2 Å². The lowest BCUT2D eigenvalue weighted by molar-refractivity contribution is -0.140. The molecule has 0 unspecified atom stereocenters. The Morgan fingerprint density at radius 1 is 1.06 bits per heavy atom. The largest absolute Gasteiger partial charge is 0.493 e. The van der Waals surface area contributed by atoms with Crippen LogP contribution in [0.3, 0.4) is 0 Å². The molecule has 1 amide bonds. The lowest BCUT2D eigenvalue weighted by Crippen LogP contribution is -2.38. The molecule has 0 saturated heterocycles. The number of halogens is 3. The standard InChI is InChI=1S/C35H36Cl2FN5O5/c1-5-47-27-16-28(30(37)31(38)22(27)17-39-35(13-14-35)34(45)46)48-26-11-7-8-20(19(26)2)21-9-6-10-23(29(21)36)41-33(44)32-40-24-18-42(3)15-12-25(24)43(32)4/h6-11,16,39H,5,12-15,17-18H2,1-4H3,(H,41,44)(H,45,46). The number of imidazole rings is 1. The van der Waals surface area contributed by atoms with E-state index < -0.39 is 17.3 Å². The maximum absolute atomic E-state index is 15.7. The van der Waals surface area contributed by atoms with Crippen LogP contribution in [0.25, 0.3) is 11.1 Å². The van der Waals surface area contributed by atoms with E-state index in [-0.39, 0.29) is 41.1 Å². The molecule has 4 aromatic rings. The molecule has 3 N–H and O–H groups in total. The van der Waals surface area contributed by atoms with Crippen LogP contribution >= 0.6 is 23.2 Å². The molecule has 2 aliphatic rings. The number of hydrogen-bond acceptors (Lipinski definition) is 7. The predicted molar refractivity (Wildman–Crippen MR) is 182 cm³/mol. The van der Waals surface area contributed by atoms with Gasteiger partial charge in [0.1, 0.15) is 22.1 Å². The SMILES string of the molecule is CCOc1cc(Oc2cccc(-c3cccc(NC(=O)c4nc5c(n4C)CCN(C)C5)c3Cl)c2C)c(Cl)c(F)c1CNC1(C(=O)O)CC1. The van der Waals surface area contributed by atoms with Gasteiger partial charge in [-0.3, -0.25) is 14.9 Å². The van der Waals surface area contributed by atoms with Gasteiger partial charge in [-0.1, -0.05) is 47.5 Å². The highest BCUT2D eigenvalue weighted by Crippen LogP contribution is 2.43. The number of aromatic nitrogens is 2. The molecule has 0 atom stereocenters. The highest BCUT2D eigenvalue weighted by molar-refractivity contribution is 6.36. The molecule has 3 aromatic carbocycles. The number of hydrogen-bond donors (Lipinski definition) is 3. The van der Waals surface area contributed by atoms with E-state index in [4.69, 9.17) is 32.7 Å². The maximum Gasteiger partial charge on any atom is 0.323 e. The molecule has 1 aromatic heterocycles. The molecule has 10 nitrogen and oxygen atoms in total. The van der Waals surface area contributed by atoms with Crippen molar-refractivity contribution in [2.75, 3.05) is 25.5 Å². The number of fused-ring (bicyclic) bond motifs is 1. The van der Waals surface area contributed by atoms with Crippen LogP contribution in [0, 0.1) is 12.7 Å². The first kappa shape index (κ1) is 33.7. The minimum absolute atomic E-state index is 0.0389. The van der Waals surface area contributed by atoms with Gasteiger partial charge >= 0.3 is 5.97 Å². The number of anilines is 1. The molecule has 1 aliphatic carbocycles. The number of likely N-dealkylation sites (N-methyl/N-ethyl adjacent to an activating group) is 1. The van der Waals surface area contributed by atoms with Gasteiger partial charge in [-0.25, -0.2) is 9.37 Å². The summed E-state index contributed by atoms with van der Waals surface area (Å²) in [5, 5.41) is 15.5. The van der Waals surface area contributed by atoms with Gasteiger partial charge in [0, 0.05) is 56.0 Å². The summed E-state index contributed by atoms with van der Waals surface area (Å²) in [6.07, 6.45) is 1.74. The third-order valence-electron chi connectivity index (χ3n) is 8.99. The van der Waals surface area contributed by atoms with E-state index in [1.807, 2.05) is 37.7 Å². The number of amides is 1. The summed E-state index contributed by atoms with van der Waals surface area (Å²) in [6, 6.07) is 12.3. The van der Waals surface area contributed by atoms with E-state index in [9.17, 15) is 14.7 Å². The number of aliphatic carboxylic acids is 1. The average Bonchev–Trinajstić information content (AvgIpc) is 3.78. The van der Waals surface area contributed by atoms with Gasteiger partial charge in [0.05, 0.1) is 23.0 Å². The van der Waals surface area contributed by atoms with E-state index >= 15 is 4.39 Å². The van der Waals surface area contributed by atoms with E-state index in [2.05, 4.69) is 20.5 Å². The summed E-state index contributed by atoms with van der Waals surface area (Å²) in [5.41, 5.74) is 3.51. The van der Waals surface area contributed by atoms with Crippen molar-refractivity contribution in [3.05, 3.63) is 86.7 Å². The van der Waals surface area contributed by atoms with Gasteiger partial charge < -0.3 is 29.4 Å². The molecule has 1 saturated carbocycles. The van der Waals surface area contributed by atoms with E-state index in [1.54, 1.807) is 31.2 Å². The first-order valence-corrected chi connectivity index (χ1v) is 16.4. The Balaban J connectivity index is 1.26. The zero-order chi connectivity index (χ0) is 34.3. The summed E-state index contributed by atoms with van der Waals surface area (Å²) in [6.45, 7) is 5.36. The number of nitrogens with one attached hydrogen (secondary N) is 2. The van der Waals surface area contributed by atoms with Crippen molar-refractivity contribution in [3.8, 4) is 28.4 Å². The second-order valence-electron chi connectivity index (χ2n) is 12.2. The van der Waals surface area contributed by atoms with Crippen LogP contribution in [-0.4, -0.2) is 57.2 Å². The summed E-state index contributed by atoms with van der Waals surface area (Å²) < 4.78 is 29.4. The molecule has 1 fully saturated rings. The van der Waals surface area contributed by atoms with Crippen LogP contribution in [0.1, 0.15) is 52.9 Å². The molecule has 0 bridgehead atoms. The minimum Gasteiger partial charge on any atom is -0.493 e. The Bertz CT molecular complexity index is 1930. The molecule has 0 spiro atoms. The number of carbonyl (C=O) groups is 2. The minimum atomic E-state index is -1.06. The smallest absolute Gasteiger partial charge is 0.323 e. The van der Waals surface area contributed by atoms with Crippen molar-refractivity contribution < 1.29 is 28.6 Å². The van der Waals surface area contributed by atoms with Crippen molar-refractivity contribution in [1.29, 1.82) is 0 Å². The molecule has 252 valence electrons. The summed E-state index contributed by atoms with van der Waals surface area (Å²) >= 11 is 13.4. The Hall–Kier alpha value is -4.16. The number of nitrogens with zero attached hydrogens (tertiary/aromatic N) is 3. The molecule has 48 heavy (non-hydrogen) atoms. The summed E-state index contributed by atoms with van der Waals surface area (Å²) in [7, 11) is 3.88. The fourth-order valence-corrected chi connectivity index (χ4v) is 6.48. The first-order valence-electron chi connectivity index (χ1n) is 15.7. The Kier molecular flexibility index (Phi) is 9.41. The van der Waals surface area contributed by atoms with Crippen LogP contribution < -0.4 is 20.1 Å². The van der Waals surface area contributed by atoms with E-state index in [1.165, 1.54) is 6.07 Å². The van der Waals surface area contributed by atoms with Gasteiger partial charge in [-0.05, 0) is 57.0 Å². The number of ether oxygens (including phenoxy) is 2. The maximum atomic E-state index is 15.7. The predicted octanol–water partition coefficient (Wildman–Crippen LogP) is 6.98. The Morgan fingerprint density at radius 2 is 1.79 bits per heavy atom. The first-order chi connectivity index (χ1) is 22.9. The zero-order valence-corrected chi connectivity index (χ0v) is 28.6. The normalized spacial score (nSPS) is 15.1. The van der Waals surface area contributed by atoms with Crippen molar-refractivity contribution in [2.24, 2.45) is 7.05 Å². The number of rotatable bonds is 11. The number of carboxylic acids is 1. The fourth-order valence-electron chi connectivity index (χ4n) is 6.00. The second-order valence-corrected chi connectivity index (χ2v) is 12.9. The topological polar surface area (TPSA) is 118 Å². The van der Waals surface area contributed by atoms with Crippen LogP contribution in [-0.2, 0) is 31.4 Å². The molecule has 0 radical (unpaired) electrons. The average molecular weight is 697 g/mol. The van der Waals surface area contributed by atoms with Crippen LogP contribution in [0.15, 0.2) is 42.5 Å². The van der Waals surface area contributed by atoms with Crippen molar-refractivity contribution in [1.82, 2.24) is 19.8 Å². The Labute approximate surface area is 287 Å². The monoisotopic (exact) mass is 695 g/mol. The zero-order valence-electron chi connectivity index (χ0n) is 27.0. The molecule has 13 heteroatoms. The fraction of sp³-hybridized carbons (Fsp3) is 0.343. The van der Waals surface area contributed by atoms with E-state index in [0.29, 0.717) is 52.8 Å². The summed E-state index contributed by atoms with van der Waals surface area (Å²) in [4.78, 5) is 31.8. The third kappa shape index (κ3) is 6.35. The molecule has 2 heterocycles. The van der Waals surface area contributed by atoms with Gasteiger partial charge in [0.25, 0.3) is 5.91 Å².